The van der Waals surface area contributed by atoms with Crippen molar-refractivity contribution in [1.29, 1.82) is 0 Å². The number of hydrogen-bond donors (Lipinski definition) is 0. The summed E-state index contributed by atoms with van der Waals surface area (Å²) in [5, 5.41) is 9.28. The third kappa shape index (κ3) is 3.58. The van der Waals surface area contributed by atoms with Crippen LogP contribution in [0.2, 0.25) is 0 Å². The Balaban J connectivity index is 1.95. The number of hydrogen-bond acceptors (Lipinski definition) is 7. The first-order chi connectivity index (χ1) is 14.3. The molecule has 0 radical (unpaired) electrons. The van der Waals surface area contributed by atoms with Crippen LogP contribution in [0.1, 0.15) is 52.4 Å². The minimum Gasteiger partial charge on any atom is -0.424 e. The first-order valence-corrected chi connectivity index (χ1v) is 11.6. The van der Waals surface area contributed by atoms with Crippen molar-refractivity contribution in [3.05, 3.63) is 61.9 Å². The third-order valence-corrected chi connectivity index (χ3v) is 7.35. The zero-order valence-electron chi connectivity index (χ0n) is 17.9. The second-order valence-corrected chi connectivity index (χ2v) is 9.90. The van der Waals surface area contributed by atoms with Gasteiger partial charge < -0.3 is 4.42 Å². The fourth-order valence-electron chi connectivity index (χ4n) is 3.48. The molecule has 0 aliphatic heterocycles. The van der Waals surface area contributed by atoms with E-state index in [1.807, 2.05) is 25.1 Å². The van der Waals surface area contributed by atoms with E-state index in [1.54, 1.807) is 22.8 Å². The molecule has 8 heteroatoms. The van der Waals surface area contributed by atoms with Crippen molar-refractivity contribution in [2.75, 3.05) is 0 Å². The van der Waals surface area contributed by atoms with Crippen LogP contribution in [-0.4, -0.2) is 19.7 Å². The van der Waals surface area contributed by atoms with Crippen LogP contribution in [0.3, 0.4) is 0 Å². The van der Waals surface area contributed by atoms with E-state index in [0.717, 1.165) is 38.3 Å². The van der Waals surface area contributed by atoms with Gasteiger partial charge in [-0.25, -0.2) is 4.98 Å². The van der Waals surface area contributed by atoms with Crippen LogP contribution in [0.5, 0.6) is 0 Å². The molecule has 0 amide bonds. The van der Waals surface area contributed by atoms with Gasteiger partial charge >= 0.3 is 0 Å². The molecule has 1 unspecified atom stereocenters. The highest BCUT2D eigenvalue weighted by Crippen LogP contribution is 2.36. The summed E-state index contributed by atoms with van der Waals surface area (Å²) in [4.78, 5) is 20.6. The summed E-state index contributed by atoms with van der Waals surface area (Å²) in [5.41, 5.74) is 4.20. The van der Waals surface area contributed by atoms with Gasteiger partial charge in [0.15, 0.2) is 5.16 Å². The molecule has 0 N–H and O–H groups in total. The standard InChI is InChI=1S/C22H24N4O2S2/c1-7-17-13(4)29-20-18(17)21(27)26(16-9-8-11(2)12(3)10-16)22(23-20)30-14(5)19-25-24-15(6)28-19/h8-10,14H,7H2,1-6H3. The zero-order valence-corrected chi connectivity index (χ0v) is 19.6. The number of benzene rings is 1. The topological polar surface area (TPSA) is 73.8 Å². The minimum atomic E-state index is -0.139. The second kappa shape index (κ2) is 8.00. The number of aryl methyl sites for hydroxylation is 5. The molecule has 30 heavy (non-hydrogen) atoms. The van der Waals surface area contributed by atoms with Crippen molar-refractivity contribution in [2.24, 2.45) is 0 Å². The molecule has 4 rings (SSSR count). The number of fused-ring (bicyclic) bond motifs is 1. The van der Waals surface area contributed by atoms with Crippen molar-refractivity contribution in [3.63, 3.8) is 0 Å². The van der Waals surface area contributed by atoms with Gasteiger partial charge in [-0.2, -0.15) is 0 Å². The van der Waals surface area contributed by atoms with Gasteiger partial charge in [-0.1, -0.05) is 24.8 Å². The van der Waals surface area contributed by atoms with E-state index in [4.69, 9.17) is 9.40 Å². The molecule has 0 bridgehead atoms. The maximum atomic E-state index is 13.7. The molecule has 1 atom stereocenters. The summed E-state index contributed by atoms with van der Waals surface area (Å²) in [5.74, 6) is 1.05. The Morgan fingerprint density at radius 2 is 1.93 bits per heavy atom. The molecular weight excluding hydrogens is 416 g/mol. The summed E-state index contributed by atoms with van der Waals surface area (Å²) in [7, 11) is 0. The normalized spacial score (nSPS) is 12.6. The molecule has 6 nitrogen and oxygen atoms in total. The van der Waals surface area contributed by atoms with Gasteiger partial charge in [-0.05, 0) is 62.9 Å². The first-order valence-electron chi connectivity index (χ1n) is 9.89. The fourth-order valence-corrected chi connectivity index (χ4v) is 5.59. The van der Waals surface area contributed by atoms with Crippen molar-refractivity contribution < 1.29 is 4.42 Å². The summed E-state index contributed by atoms with van der Waals surface area (Å²) in [6.07, 6.45) is 0.805. The van der Waals surface area contributed by atoms with E-state index in [2.05, 4.69) is 37.9 Å². The first kappa shape index (κ1) is 20.8. The quantitative estimate of drug-likeness (QED) is 0.302. The molecule has 0 spiro atoms. The lowest BCUT2D eigenvalue weighted by Crippen LogP contribution is -2.22. The van der Waals surface area contributed by atoms with E-state index in [0.29, 0.717) is 16.9 Å². The Labute approximate surface area is 183 Å². The molecule has 4 aromatic rings. The van der Waals surface area contributed by atoms with Gasteiger partial charge in [-0.3, -0.25) is 9.36 Å². The monoisotopic (exact) mass is 440 g/mol. The summed E-state index contributed by atoms with van der Waals surface area (Å²) in [6, 6.07) is 6.06. The van der Waals surface area contributed by atoms with Gasteiger partial charge in [0, 0.05) is 11.8 Å². The van der Waals surface area contributed by atoms with Crippen LogP contribution in [0.25, 0.3) is 15.9 Å². The molecule has 156 valence electrons. The molecule has 0 saturated heterocycles. The number of thiophene rings is 1. The van der Waals surface area contributed by atoms with E-state index in [9.17, 15) is 4.79 Å². The molecule has 0 aliphatic carbocycles. The maximum Gasteiger partial charge on any atom is 0.267 e. The number of thioether (sulfide) groups is 1. The average molecular weight is 441 g/mol. The van der Waals surface area contributed by atoms with Crippen LogP contribution in [0, 0.1) is 27.7 Å². The van der Waals surface area contributed by atoms with Crippen molar-refractivity contribution >= 4 is 33.3 Å². The molecular formula is C22H24N4O2S2. The van der Waals surface area contributed by atoms with Gasteiger partial charge in [-0.15, -0.1) is 21.5 Å². The number of aromatic nitrogens is 4. The Morgan fingerprint density at radius 1 is 1.17 bits per heavy atom. The minimum absolute atomic E-state index is 0.0270. The summed E-state index contributed by atoms with van der Waals surface area (Å²) < 4.78 is 7.33. The fraction of sp³-hybridized carbons (Fsp3) is 0.364. The molecule has 0 saturated carbocycles. The lowest BCUT2D eigenvalue weighted by molar-refractivity contribution is 0.470. The van der Waals surface area contributed by atoms with Crippen molar-refractivity contribution in [2.45, 2.75) is 58.4 Å². The smallest absolute Gasteiger partial charge is 0.267 e. The number of nitrogens with zero attached hydrogens (tertiary/aromatic N) is 4. The molecule has 0 aliphatic rings. The highest BCUT2D eigenvalue weighted by Gasteiger charge is 2.23. The summed E-state index contributed by atoms with van der Waals surface area (Å²) in [6.45, 7) is 12.0. The van der Waals surface area contributed by atoms with Gasteiger partial charge in [0.1, 0.15) is 4.83 Å². The van der Waals surface area contributed by atoms with E-state index in [1.165, 1.54) is 17.3 Å². The predicted octanol–water partition coefficient (Wildman–Crippen LogP) is 5.48. The highest BCUT2D eigenvalue weighted by atomic mass is 32.2. The average Bonchev–Trinajstić information content (AvgIpc) is 3.27. The van der Waals surface area contributed by atoms with Gasteiger partial charge in [0.2, 0.25) is 11.8 Å². The largest absolute Gasteiger partial charge is 0.424 e. The zero-order chi connectivity index (χ0) is 21.6. The van der Waals surface area contributed by atoms with Crippen molar-refractivity contribution in [3.8, 4) is 5.69 Å². The lowest BCUT2D eigenvalue weighted by atomic mass is 10.1. The molecule has 3 aromatic heterocycles. The van der Waals surface area contributed by atoms with Crippen LogP contribution < -0.4 is 5.56 Å². The predicted molar refractivity (Wildman–Crippen MR) is 122 cm³/mol. The molecule has 1 aromatic carbocycles. The highest BCUT2D eigenvalue weighted by molar-refractivity contribution is 7.99. The van der Waals surface area contributed by atoms with E-state index >= 15 is 0 Å². The van der Waals surface area contributed by atoms with Crippen molar-refractivity contribution in [1.82, 2.24) is 19.7 Å². The summed E-state index contributed by atoms with van der Waals surface area (Å²) >= 11 is 3.03. The van der Waals surface area contributed by atoms with Crippen LogP contribution in [-0.2, 0) is 6.42 Å². The lowest BCUT2D eigenvalue weighted by Gasteiger charge is -2.15. The number of rotatable bonds is 5. The van der Waals surface area contributed by atoms with E-state index in [-0.39, 0.29) is 10.8 Å². The van der Waals surface area contributed by atoms with Gasteiger partial charge in [0.05, 0.1) is 16.3 Å². The van der Waals surface area contributed by atoms with Crippen LogP contribution >= 0.6 is 23.1 Å². The van der Waals surface area contributed by atoms with Crippen LogP contribution in [0.4, 0.5) is 0 Å². The van der Waals surface area contributed by atoms with Gasteiger partial charge in [0.25, 0.3) is 5.56 Å². The van der Waals surface area contributed by atoms with Crippen LogP contribution in [0.15, 0.2) is 32.6 Å². The second-order valence-electron chi connectivity index (χ2n) is 7.39. The Bertz CT molecular complexity index is 1300. The molecule has 3 heterocycles. The maximum absolute atomic E-state index is 13.7. The third-order valence-electron chi connectivity index (χ3n) is 5.27. The van der Waals surface area contributed by atoms with E-state index < -0.39 is 0 Å². The Morgan fingerprint density at radius 3 is 2.57 bits per heavy atom. The molecule has 0 fully saturated rings. The Hall–Kier alpha value is -2.45. The Kier molecular flexibility index (Phi) is 5.55. The SMILES string of the molecule is CCc1c(C)sc2nc(SC(C)c3nnc(C)o3)n(-c3ccc(C)c(C)c3)c(=O)c12.